The van der Waals surface area contributed by atoms with Crippen LogP contribution in [0.15, 0.2) is 40.9 Å². The molecule has 2 aromatic heterocycles. The zero-order valence-corrected chi connectivity index (χ0v) is 14.8. The first-order valence-corrected chi connectivity index (χ1v) is 9.29. The Kier molecular flexibility index (Phi) is 5.44. The third kappa shape index (κ3) is 4.23. The second kappa shape index (κ2) is 7.75. The zero-order valence-electron chi connectivity index (χ0n) is 13.2. The van der Waals surface area contributed by atoms with Crippen molar-refractivity contribution in [2.45, 2.75) is 18.6 Å². The topological polar surface area (TPSA) is 59.8 Å². The lowest BCUT2D eigenvalue weighted by Gasteiger charge is -2.07. The van der Waals surface area contributed by atoms with Gasteiger partial charge in [0.05, 0.1) is 10.6 Å². The number of halogens is 2. The van der Waals surface area contributed by atoms with Crippen molar-refractivity contribution in [3.05, 3.63) is 47.3 Å². The number of hydrogen-bond donors (Lipinski definition) is 1. The van der Waals surface area contributed by atoms with Crippen molar-refractivity contribution in [2.24, 2.45) is 0 Å². The quantitative estimate of drug-likeness (QED) is 0.656. The molecule has 1 aromatic carbocycles. The molecule has 0 aliphatic heterocycles. The highest BCUT2D eigenvalue weighted by Gasteiger charge is 2.15. The fourth-order valence-corrected chi connectivity index (χ4v) is 3.74. The van der Waals surface area contributed by atoms with Gasteiger partial charge in [0.2, 0.25) is 5.91 Å². The van der Waals surface area contributed by atoms with E-state index in [1.54, 1.807) is 11.3 Å². The van der Waals surface area contributed by atoms with Gasteiger partial charge in [-0.3, -0.25) is 4.79 Å². The number of rotatable bonds is 6. The van der Waals surface area contributed by atoms with Gasteiger partial charge in [-0.05, 0) is 30.5 Å². The zero-order chi connectivity index (χ0) is 17.8. The van der Waals surface area contributed by atoms with E-state index in [4.69, 9.17) is 0 Å². The Morgan fingerprint density at radius 1 is 1.28 bits per heavy atom. The summed E-state index contributed by atoms with van der Waals surface area (Å²) in [6.45, 7) is 2.64. The van der Waals surface area contributed by atoms with E-state index in [0.717, 1.165) is 28.9 Å². The van der Waals surface area contributed by atoms with Crippen LogP contribution in [0.5, 0.6) is 0 Å². The van der Waals surface area contributed by atoms with Gasteiger partial charge in [-0.2, -0.15) is 0 Å². The van der Waals surface area contributed by atoms with Gasteiger partial charge in [-0.25, -0.2) is 8.78 Å². The van der Waals surface area contributed by atoms with Crippen molar-refractivity contribution in [1.82, 2.24) is 14.8 Å². The molecule has 0 spiro atoms. The predicted molar refractivity (Wildman–Crippen MR) is 94.7 cm³/mol. The van der Waals surface area contributed by atoms with E-state index in [2.05, 4.69) is 15.5 Å². The van der Waals surface area contributed by atoms with Gasteiger partial charge in [-0.15, -0.1) is 21.5 Å². The minimum absolute atomic E-state index is 0.0563. The second-order valence-corrected chi connectivity index (χ2v) is 6.91. The fraction of sp³-hybridized carbons (Fsp3) is 0.188. The number of benzene rings is 1. The van der Waals surface area contributed by atoms with Crippen molar-refractivity contribution in [3.8, 4) is 10.7 Å². The first kappa shape index (κ1) is 17.6. The number of aromatic nitrogens is 3. The van der Waals surface area contributed by atoms with Crippen LogP contribution in [0.2, 0.25) is 0 Å². The van der Waals surface area contributed by atoms with Crippen LogP contribution in [0.4, 0.5) is 14.5 Å². The molecule has 9 heteroatoms. The van der Waals surface area contributed by atoms with Crippen molar-refractivity contribution in [1.29, 1.82) is 0 Å². The van der Waals surface area contributed by atoms with E-state index in [1.165, 1.54) is 11.8 Å². The molecule has 3 rings (SSSR count). The molecule has 5 nitrogen and oxygen atoms in total. The molecular formula is C16H14F2N4OS2. The summed E-state index contributed by atoms with van der Waals surface area (Å²) < 4.78 is 28.2. The van der Waals surface area contributed by atoms with E-state index in [0.29, 0.717) is 11.7 Å². The van der Waals surface area contributed by atoms with E-state index in [9.17, 15) is 13.6 Å². The average Bonchev–Trinajstić information content (AvgIpc) is 3.20. The van der Waals surface area contributed by atoms with Crippen molar-refractivity contribution < 1.29 is 13.6 Å². The van der Waals surface area contributed by atoms with E-state index in [-0.39, 0.29) is 17.3 Å². The van der Waals surface area contributed by atoms with Gasteiger partial charge in [0.25, 0.3) is 0 Å². The Bertz CT molecular complexity index is 860. The minimum Gasteiger partial charge on any atom is -0.325 e. The van der Waals surface area contributed by atoms with E-state index >= 15 is 0 Å². The SMILES string of the molecule is CCn1c(SCC(=O)Nc2cc(F)cc(F)c2)nnc1-c1cccs1. The van der Waals surface area contributed by atoms with Gasteiger partial charge in [0, 0.05) is 18.3 Å². The lowest BCUT2D eigenvalue weighted by molar-refractivity contribution is -0.113. The Morgan fingerprint density at radius 3 is 2.68 bits per heavy atom. The molecule has 0 saturated carbocycles. The first-order valence-electron chi connectivity index (χ1n) is 7.42. The molecule has 0 aliphatic carbocycles. The summed E-state index contributed by atoms with van der Waals surface area (Å²) in [6, 6.07) is 6.78. The smallest absolute Gasteiger partial charge is 0.234 e. The highest BCUT2D eigenvalue weighted by atomic mass is 32.2. The standard InChI is InChI=1S/C16H14F2N4OS2/c1-2-22-15(13-4-3-5-24-13)20-21-16(22)25-9-14(23)19-12-7-10(17)6-11(18)8-12/h3-8H,2,9H2,1H3,(H,19,23). The summed E-state index contributed by atoms with van der Waals surface area (Å²) in [5.41, 5.74) is 0.0827. The van der Waals surface area contributed by atoms with Crippen molar-refractivity contribution >= 4 is 34.7 Å². The van der Waals surface area contributed by atoms with E-state index in [1.807, 2.05) is 29.0 Å². The molecule has 2 heterocycles. The molecule has 0 radical (unpaired) electrons. The number of carbonyl (C=O) groups excluding carboxylic acids is 1. The first-order chi connectivity index (χ1) is 12.1. The van der Waals surface area contributed by atoms with Crippen LogP contribution in [0, 0.1) is 11.6 Å². The minimum atomic E-state index is -0.741. The molecular weight excluding hydrogens is 366 g/mol. The highest BCUT2D eigenvalue weighted by Crippen LogP contribution is 2.27. The maximum atomic E-state index is 13.1. The number of thiophene rings is 1. The summed E-state index contributed by atoms with van der Waals surface area (Å²) in [6.07, 6.45) is 0. The predicted octanol–water partition coefficient (Wildman–Crippen LogP) is 4.04. The van der Waals surface area contributed by atoms with Crippen molar-refractivity contribution in [2.75, 3.05) is 11.1 Å². The molecule has 0 atom stereocenters. The van der Waals surface area contributed by atoms with Crippen LogP contribution in [-0.2, 0) is 11.3 Å². The molecule has 0 bridgehead atoms. The van der Waals surface area contributed by atoms with Crippen LogP contribution in [0.1, 0.15) is 6.92 Å². The average molecular weight is 380 g/mol. The summed E-state index contributed by atoms with van der Waals surface area (Å²) in [4.78, 5) is 13.0. The Balaban J connectivity index is 1.66. The highest BCUT2D eigenvalue weighted by molar-refractivity contribution is 7.99. The molecule has 1 amide bonds. The number of hydrogen-bond acceptors (Lipinski definition) is 5. The second-order valence-electron chi connectivity index (χ2n) is 5.02. The summed E-state index contributed by atoms with van der Waals surface area (Å²) in [5.74, 6) is -1.05. The molecule has 0 saturated heterocycles. The molecule has 1 N–H and O–H groups in total. The Morgan fingerprint density at radius 2 is 2.04 bits per heavy atom. The van der Waals surface area contributed by atoms with Crippen LogP contribution in [0.25, 0.3) is 10.7 Å². The van der Waals surface area contributed by atoms with Gasteiger partial charge in [-0.1, -0.05) is 17.8 Å². The van der Waals surface area contributed by atoms with E-state index < -0.39 is 11.6 Å². The van der Waals surface area contributed by atoms with Crippen LogP contribution >= 0.6 is 23.1 Å². The van der Waals surface area contributed by atoms with Gasteiger partial charge in [0.15, 0.2) is 11.0 Å². The number of thioether (sulfide) groups is 1. The van der Waals surface area contributed by atoms with Crippen LogP contribution in [0.3, 0.4) is 0 Å². The number of amides is 1. The number of nitrogens with one attached hydrogen (secondary N) is 1. The van der Waals surface area contributed by atoms with Crippen LogP contribution < -0.4 is 5.32 Å². The summed E-state index contributed by atoms with van der Waals surface area (Å²) >= 11 is 2.78. The maximum absolute atomic E-state index is 13.1. The fourth-order valence-electron chi connectivity index (χ4n) is 2.22. The lowest BCUT2D eigenvalue weighted by Crippen LogP contribution is -2.15. The number of anilines is 1. The molecule has 0 fully saturated rings. The summed E-state index contributed by atoms with van der Waals surface area (Å²) in [5, 5.41) is 13.4. The Hall–Kier alpha value is -2.26. The largest absolute Gasteiger partial charge is 0.325 e. The molecule has 130 valence electrons. The van der Waals surface area contributed by atoms with Crippen molar-refractivity contribution in [3.63, 3.8) is 0 Å². The molecule has 0 unspecified atom stereocenters. The molecule has 0 aliphatic rings. The molecule has 3 aromatic rings. The third-order valence-electron chi connectivity index (χ3n) is 3.25. The van der Waals surface area contributed by atoms with Crippen LogP contribution in [-0.4, -0.2) is 26.4 Å². The summed E-state index contributed by atoms with van der Waals surface area (Å²) in [7, 11) is 0. The normalized spacial score (nSPS) is 10.8. The maximum Gasteiger partial charge on any atom is 0.234 e. The van der Waals surface area contributed by atoms with Gasteiger partial charge < -0.3 is 9.88 Å². The monoisotopic (exact) mass is 380 g/mol. The molecule has 25 heavy (non-hydrogen) atoms. The third-order valence-corrected chi connectivity index (χ3v) is 5.09. The van der Waals surface area contributed by atoms with Gasteiger partial charge in [0.1, 0.15) is 11.6 Å². The number of carbonyl (C=O) groups is 1. The lowest BCUT2D eigenvalue weighted by atomic mass is 10.3. The number of nitrogens with zero attached hydrogens (tertiary/aromatic N) is 3. The Labute approximate surface area is 151 Å². The van der Waals surface area contributed by atoms with Gasteiger partial charge >= 0.3 is 0 Å².